The highest BCUT2D eigenvalue weighted by molar-refractivity contribution is 6.34. The second-order valence-electron chi connectivity index (χ2n) is 4.17. The maximum atomic E-state index is 13.4. The van der Waals surface area contributed by atoms with Gasteiger partial charge in [-0.1, -0.05) is 11.6 Å². The Labute approximate surface area is 121 Å². The summed E-state index contributed by atoms with van der Waals surface area (Å²) < 4.78 is 54.3. The number of nitrogens with zero attached hydrogens (tertiary/aromatic N) is 2. The van der Waals surface area contributed by atoms with E-state index in [1.54, 1.807) is 12.2 Å². The summed E-state index contributed by atoms with van der Waals surface area (Å²) in [5, 5.41) is 5.44. The summed E-state index contributed by atoms with van der Waals surface area (Å²) in [7, 11) is 1.50. The van der Waals surface area contributed by atoms with Crippen LogP contribution in [0.4, 0.5) is 23.2 Å². The van der Waals surface area contributed by atoms with Crippen LogP contribution in [-0.4, -0.2) is 15.7 Å². The smallest absolute Gasteiger partial charge is 0.277 e. The summed E-state index contributed by atoms with van der Waals surface area (Å²) >= 11 is 5.84. The fraction of sp³-hybridized carbons (Fsp3) is 0.167. The summed E-state index contributed by atoms with van der Waals surface area (Å²) in [6, 6.07) is 0.0399. The van der Waals surface area contributed by atoms with E-state index in [1.165, 1.54) is 11.7 Å². The third-order valence-corrected chi connectivity index (χ3v) is 3.28. The van der Waals surface area contributed by atoms with Gasteiger partial charge in [0.05, 0.1) is 10.7 Å². The van der Waals surface area contributed by atoms with Gasteiger partial charge >= 0.3 is 0 Å². The Morgan fingerprint density at radius 3 is 2.19 bits per heavy atom. The standard InChI is InChI=1S/C12H8ClF4N3O/c1-4-7(13)10(19-20(4)2)12(21)18-11-8(16)5(14)3-6(15)9(11)17/h3H,1-2H3,(H,18,21). The van der Waals surface area contributed by atoms with E-state index in [2.05, 4.69) is 5.10 Å². The highest BCUT2D eigenvalue weighted by atomic mass is 35.5. The molecule has 9 heteroatoms. The molecule has 0 bridgehead atoms. The molecule has 1 heterocycles. The molecule has 2 aromatic rings. The number of halogens is 5. The third-order valence-electron chi connectivity index (χ3n) is 2.83. The molecule has 0 spiro atoms. The van der Waals surface area contributed by atoms with E-state index in [1.807, 2.05) is 0 Å². The molecule has 2 rings (SSSR count). The number of nitrogens with one attached hydrogen (secondary N) is 1. The lowest BCUT2D eigenvalue weighted by atomic mass is 10.2. The van der Waals surface area contributed by atoms with Gasteiger partial charge in [-0.3, -0.25) is 9.48 Å². The van der Waals surface area contributed by atoms with Crippen LogP contribution in [0, 0.1) is 30.2 Å². The van der Waals surface area contributed by atoms with E-state index in [0.717, 1.165) is 0 Å². The first-order valence-corrected chi connectivity index (χ1v) is 5.95. The van der Waals surface area contributed by atoms with Gasteiger partial charge in [0.25, 0.3) is 5.91 Å². The minimum Gasteiger partial charge on any atom is -0.315 e. The number of aryl methyl sites for hydroxylation is 1. The van der Waals surface area contributed by atoms with Crippen molar-refractivity contribution in [3.05, 3.63) is 45.7 Å². The summed E-state index contributed by atoms with van der Waals surface area (Å²) in [5.41, 5.74) is -1.12. The zero-order valence-electron chi connectivity index (χ0n) is 10.8. The molecule has 1 amide bonds. The van der Waals surface area contributed by atoms with Gasteiger partial charge in [0.15, 0.2) is 29.0 Å². The van der Waals surface area contributed by atoms with Crippen molar-refractivity contribution in [3.63, 3.8) is 0 Å². The van der Waals surface area contributed by atoms with Crippen LogP contribution in [0.15, 0.2) is 6.07 Å². The molecule has 0 saturated carbocycles. The van der Waals surface area contributed by atoms with Gasteiger partial charge in [-0.05, 0) is 6.92 Å². The zero-order chi connectivity index (χ0) is 15.9. The Balaban J connectivity index is 2.43. The lowest BCUT2D eigenvalue weighted by Gasteiger charge is -2.07. The number of amides is 1. The Hall–Kier alpha value is -2.09. The number of carbonyl (C=O) groups excluding carboxylic acids is 1. The van der Waals surface area contributed by atoms with Crippen molar-refractivity contribution in [2.75, 3.05) is 5.32 Å². The Morgan fingerprint density at radius 1 is 1.24 bits per heavy atom. The van der Waals surface area contributed by atoms with Crippen molar-refractivity contribution in [3.8, 4) is 0 Å². The largest absolute Gasteiger partial charge is 0.315 e. The number of hydrogen-bond acceptors (Lipinski definition) is 2. The van der Waals surface area contributed by atoms with Crippen LogP contribution in [0.2, 0.25) is 5.02 Å². The monoisotopic (exact) mass is 321 g/mol. The summed E-state index contributed by atoms with van der Waals surface area (Å²) in [6.07, 6.45) is 0. The molecule has 0 unspecified atom stereocenters. The number of rotatable bonds is 2. The van der Waals surface area contributed by atoms with Crippen LogP contribution in [0.1, 0.15) is 16.2 Å². The fourth-order valence-electron chi connectivity index (χ4n) is 1.58. The molecule has 0 aliphatic rings. The number of carbonyl (C=O) groups is 1. The zero-order valence-corrected chi connectivity index (χ0v) is 11.5. The fourth-order valence-corrected chi connectivity index (χ4v) is 1.83. The van der Waals surface area contributed by atoms with E-state index < -0.39 is 34.9 Å². The quantitative estimate of drug-likeness (QED) is 0.682. The molecule has 112 valence electrons. The van der Waals surface area contributed by atoms with Crippen molar-refractivity contribution in [1.29, 1.82) is 0 Å². The lowest BCUT2D eigenvalue weighted by molar-refractivity contribution is 0.102. The predicted octanol–water partition coefficient (Wildman–Crippen LogP) is 3.19. The first-order valence-electron chi connectivity index (χ1n) is 5.57. The maximum absolute atomic E-state index is 13.4. The molecule has 0 fully saturated rings. The highest BCUT2D eigenvalue weighted by Crippen LogP contribution is 2.26. The van der Waals surface area contributed by atoms with Gasteiger partial charge < -0.3 is 5.32 Å². The number of anilines is 1. The van der Waals surface area contributed by atoms with Gasteiger partial charge in [0, 0.05) is 13.1 Å². The molecule has 21 heavy (non-hydrogen) atoms. The predicted molar refractivity (Wildman–Crippen MR) is 67.2 cm³/mol. The van der Waals surface area contributed by atoms with Crippen molar-refractivity contribution in [1.82, 2.24) is 9.78 Å². The Morgan fingerprint density at radius 2 is 1.76 bits per heavy atom. The van der Waals surface area contributed by atoms with Crippen molar-refractivity contribution in [2.24, 2.45) is 7.05 Å². The van der Waals surface area contributed by atoms with E-state index in [4.69, 9.17) is 11.6 Å². The van der Waals surface area contributed by atoms with Crippen LogP contribution >= 0.6 is 11.6 Å². The average Bonchev–Trinajstić information content (AvgIpc) is 2.69. The van der Waals surface area contributed by atoms with Crippen molar-refractivity contribution in [2.45, 2.75) is 6.92 Å². The van der Waals surface area contributed by atoms with E-state index in [9.17, 15) is 22.4 Å². The Bertz CT molecular complexity index is 719. The average molecular weight is 322 g/mol. The minimum atomic E-state index is -1.72. The first-order chi connectivity index (χ1) is 9.73. The van der Waals surface area contributed by atoms with Gasteiger partial charge in [-0.2, -0.15) is 5.10 Å². The van der Waals surface area contributed by atoms with Gasteiger partial charge in [0.2, 0.25) is 0 Å². The van der Waals surface area contributed by atoms with Crippen LogP contribution in [0.5, 0.6) is 0 Å². The number of benzene rings is 1. The second-order valence-corrected chi connectivity index (χ2v) is 4.55. The number of aromatic nitrogens is 2. The summed E-state index contributed by atoms with van der Waals surface area (Å²) in [4.78, 5) is 11.9. The maximum Gasteiger partial charge on any atom is 0.277 e. The number of hydrogen-bond donors (Lipinski definition) is 1. The molecule has 0 atom stereocenters. The molecule has 0 aliphatic carbocycles. The molecular formula is C12H8ClF4N3O. The molecule has 0 saturated heterocycles. The molecule has 0 radical (unpaired) electrons. The van der Waals surface area contributed by atoms with Crippen molar-refractivity contribution >= 4 is 23.2 Å². The SMILES string of the molecule is Cc1c(Cl)c(C(=O)Nc2c(F)c(F)cc(F)c2F)nn1C. The Kier molecular flexibility index (Phi) is 3.91. The first kappa shape index (κ1) is 15.3. The van der Waals surface area contributed by atoms with E-state index >= 15 is 0 Å². The third kappa shape index (κ3) is 2.58. The van der Waals surface area contributed by atoms with E-state index in [0.29, 0.717) is 5.69 Å². The van der Waals surface area contributed by atoms with Crippen LogP contribution in [0.3, 0.4) is 0 Å². The molecule has 1 aromatic heterocycles. The summed E-state index contributed by atoms with van der Waals surface area (Å²) in [6.45, 7) is 1.56. The highest BCUT2D eigenvalue weighted by Gasteiger charge is 2.24. The summed E-state index contributed by atoms with van der Waals surface area (Å²) in [5.74, 6) is -7.79. The van der Waals surface area contributed by atoms with Crippen LogP contribution in [-0.2, 0) is 7.05 Å². The van der Waals surface area contributed by atoms with Gasteiger partial charge in [0.1, 0.15) is 5.69 Å². The second kappa shape index (κ2) is 5.36. The van der Waals surface area contributed by atoms with Crippen LogP contribution in [0.25, 0.3) is 0 Å². The molecule has 1 aromatic carbocycles. The molecule has 0 aliphatic heterocycles. The molecule has 4 nitrogen and oxygen atoms in total. The van der Waals surface area contributed by atoms with E-state index in [-0.39, 0.29) is 16.8 Å². The van der Waals surface area contributed by atoms with Gasteiger partial charge in [-0.25, -0.2) is 17.6 Å². The lowest BCUT2D eigenvalue weighted by Crippen LogP contribution is -2.17. The van der Waals surface area contributed by atoms with Gasteiger partial charge in [-0.15, -0.1) is 0 Å². The topological polar surface area (TPSA) is 46.9 Å². The van der Waals surface area contributed by atoms with Crippen LogP contribution < -0.4 is 5.32 Å². The van der Waals surface area contributed by atoms with Crippen molar-refractivity contribution < 1.29 is 22.4 Å². The molecular weight excluding hydrogens is 314 g/mol. The molecule has 1 N–H and O–H groups in total. The minimum absolute atomic E-state index is 0.0345. The normalized spacial score (nSPS) is 10.8.